The first-order valence-electron chi connectivity index (χ1n) is 8.55. The Labute approximate surface area is 154 Å². The molecular formula is C22H23ClN2. The van der Waals surface area contributed by atoms with Crippen LogP contribution in [0.3, 0.4) is 0 Å². The van der Waals surface area contributed by atoms with E-state index in [1.54, 1.807) is 0 Å². The average molecular weight is 351 g/mol. The van der Waals surface area contributed by atoms with Crippen molar-refractivity contribution in [2.75, 3.05) is 0 Å². The molecule has 0 saturated heterocycles. The Morgan fingerprint density at radius 1 is 1.00 bits per heavy atom. The second kappa shape index (κ2) is 7.28. The van der Waals surface area contributed by atoms with Crippen LogP contribution in [0, 0.1) is 13.8 Å². The maximum atomic E-state index is 6.01. The number of benzene rings is 2. The summed E-state index contributed by atoms with van der Waals surface area (Å²) < 4.78 is 2.23. The lowest BCUT2D eigenvalue weighted by Gasteiger charge is -2.10. The van der Waals surface area contributed by atoms with Gasteiger partial charge in [0.05, 0.1) is 5.69 Å². The van der Waals surface area contributed by atoms with Crippen molar-refractivity contribution in [3.05, 3.63) is 82.1 Å². The fourth-order valence-corrected chi connectivity index (χ4v) is 3.26. The van der Waals surface area contributed by atoms with Crippen LogP contribution in [0.25, 0.3) is 5.69 Å². The highest BCUT2D eigenvalue weighted by Crippen LogP contribution is 2.27. The molecular weight excluding hydrogens is 328 g/mol. The van der Waals surface area contributed by atoms with E-state index < -0.39 is 0 Å². The van der Waals surface area contributed by atoms with Gasteiger partial charge in [0.1, 0.15) is 0 Å². The van der Waals surface area contributed by atoms with Crippen molar-refractivity contribution in [2.45, 2.75) is 33.6 Å². The molecule has 2 aromatic carbocycles. The molecule has 3 heteroatoms. The number of aromatic nitrogens is 1. The Hall–Kier alpha value is -2.32. The molecule has 0 bridgehead atoms. The van der Waals surface area contributed by atoms with E-state index in [9.17, 15) is 0 Å². The summed E-state index contributed by atoms with van der Waals surface area (Å²) in [7, 11) is 0. The van der Waals surface area contributed by atoms with E-state index >= 15 is 0 Å². The Balaban J connectivity index is 1.98. The highest BCUT2D eigenvalue weighted by atomic mass is 35.5. The molecule has 0 N–H and O–H groups in total. The summed E-state index contributed by atoms with van der Waals surface area (Å²) in [5, 5.41) is 0.748. The third-order valence-corrected chi connectivity index (χ3v) is 4.71. The molecule has 0 amide bonds. The molecule has 0 unspecified atom stereocenters. The number of rotatable bonds is 4. The van der Waals surface area contributed by atoms with Crippen molar-refractivity contribution in [3.63, 3.8) is 0 Å². The van der Waals surface area contributed by atoms with Crippen LogP contribution in [-0.2, 0) is 0 Å². The lowest BCUT2D eigenvalue weighted by atomic mass is 10.0. The van der Waals surface area contributed by atoms with Crippen LogP contribution in [0.1, 0.15) is 42.3 Å². The van der Waals surface area contributed by atoms with Gasteiger partial charge in [-0.25, -0.2) is 0 Å². The summed E-state index contributed by atoms with van der Waals surface area (Å²) in [6, 6.07) is 18.4. The molecule has 0 fully saturated rings. The third kappa shape index (κ3) is 3.69. The maximum Gasteiger partial charge on any atom is 0.0664 e. The predicted octanol–water partition coefficient (Wildman–Crippen LogP) is 6.62. The predicted molar refractivity (Wildman–Crippen MR) is 108 cm³/mol. The lowest BCUT2D eigenvalue weighted by Crippen LogP contribution is -1.99. The molecule has 0 saturated carbocycles. The van der Waals surface area contributed by atoms with Gasteiger partial charge in [0.15, 0.2) is 0 Å². The summed E-state index contributed by atoms with van der Waals surface area (Å²) >= 11 is 6.01. The van der Waals surface area contributed by atoms with Gasteiger partial charge in [-0.15, -0.1) is 0 Å². The minimum absolute atomic E-state index is 0.454. The molecule has 3 rings (SSSR count). The summed E-state index contributed by atoms with van der Waals surface area (Å²) in [6.07, 6.45) is 1.97. The van der Waals surface area contributed by atoms with Crippen LogP contribution in [0.4, 0.5) is 5.69 Å². The molecule has 1 heterocycles. The fraction of sp³-hybridized carbons (Fsp3) is 0.227. The summed E-state index contributed by atoms with van der Waals surface area (Å²) in [4.78, 5) is 4.76. The normalized spacial score (nSPS) is 11.6. The van der Waals surface area contributed by atoms with Crippen molar-refractivity contribution in [1.29, 1.82) is 0 Å². The van der Waals surface area contributed by atoms with Crippen molar-refractivity contribution in [3.8, 4) is 5.69 Å². The van der Waals surface area contributed by atoms with Crippen LogP contribution >= 0.6 is 11.6 Å². The Bertz CT molecular complexity index is 902. The van der Waals surface area contributed by atoms with Gasteiger partial charge in [0, 0.05) is 33.9 Å². The molecule has 0 spiro atoms. The average Bonchev–Trinajstić information content (AvgIpc) is 2.88. The number of para-hydroxylation sites is 1. The zero-order valence-electron chi connectivity index (χ0n) is 15.1. The van der Waals surface area contributed by atoms with E-state index in [4.69, 9.17) is 16.6 Å². The lowest BCUT2D eigenvalue weighted by molar-refractivity contribution is 0.867. The van der Waals surface area contributed by atoms with Gasteiger partial charge >= 0.3 is 0 Å². The molecule has 1 aromatic heterocycles. The van der Waals surface area contributed by atoms with Crippen molar-refractivity contribution in [1.82, 2.24) is 4.57 Å². The van der Waals surface area contributed by atoms with Crippen LogP contribution < -0.4 is 0 Å². The van der Waals surface area contributed by atoms with E-state index in [2.05, 4.69) is 56.5 Å². The molecule has 128 valence electrons. The molecule has 25 heavy (non-hydrogen) atoms. The number of hydrogen-bond donors (Lipinski definition) is 0. The number of nitrogens with zero attached hydrogens (tertiary/aromatic N) is 2. The standard InChI is InChI=1S/C22H23ClN2/c1-15(2)21-7-5-6-8-22(21)24-14-18-13-16(3)25(17(18)4)20-11-9-19(23)10-12-20/h5-15H,1-4H3. The first kappa shape index (κ1) is 17.5. The van der Waals surface area contributed by atoms with E-state index in [-0.39, 0.29) is 0 Å². The van der Waals surface area contributed by atoms with Crippen LogP contribution in [0.2, 0.25) is 5.02 Å². The van der Waals surface area contributed by atoms with Gasteiger partial charge in [0.25, 0.3) is 0 Å². The molecule has 0 aliphatic rings. The molecule has 2 nitrogen and oxygen atoms in total. The van der Waals surface area contributed by atoms with Crippen LogP contribution in [-0.4, -0.2) is 10.8 Å². The molecule has 0 radical (unpaired) electrons. The molecule has 0 aliphatic heterocycles. The monoisotopic (exact) mass is 350 g/mol. The van der Waals surface area contributed by atoms with E-state index in [0.717, 1.165) is 22.0 Å². The van der Waals surface area contributed by atoms with Gasteiger partial charge in [-0.3, -0.25) is 4.99 Å². The molecule has 0 aliphatic carbocycles. The number of hydrogen-bond acceptors (Lipinski definition) is 1. The second-order valence-electron chi connectivity index (χ2n) is 6.61. The highest BCUT2D eigenvalue weighted by Gasteiger charge is 2.10. The third-order valence-electron chi connectivity index (χ3n) is 4.46. The Morgan fingerprint density at radius 2 is 1.68 bits per heavy atom. The number of aliphatic imine (C=N–C) groups is 1. The second-order valence-corrected chi connectivity index (χ2v) is 7.05. The topological polar surface area (TPSA) is 17.3 Å². The van der Waals surface area contributed by atoms with E-state index in [1.807, 2.05) is 36.5 Å². The summed E-state index contributed by atoms with van der Waals surface area (Å²) in [6.45, 7) is 8.62. The Kier molecular flexibility index (Phi) is 5.10. The van der Waals surface area contributed by atoms with Crippen molar-refractivity contribution < 1.29 is 0 Å². The quantitative estimate of drug-likeness (QED) is 0.470. The number of halogens is 1. The first-order valence-corrected chi connectivity index (χ1v) is 8.93. The minimum Gasteiger partial charge on any atom is -0.318 e. The minimum atomic E-state index is 0.454. The van der Waals surface area contributed by atoms with Gasteiger partial charge < -0.3 is 4.57 Å². The van der Waals surface area contributed by atoms with Crippen molar-refractivity contribution >= 4 is 23.5 Å². The Morgan fingerprint density at radius 3 is 2.36 bits per heavy atom. The van der Waals surface area contributed by atoms with Gasteiger partial charge in [-0.1, -0.05) is 43.6 Å². The number of aryl methyl sites for hydroxylation is 1. The smallest absolute Gasteiger partial charge is 0.0664 e. The summed E-state index contributed by atoms with van der Waals surface area (Å²) in [5.41, 5.74) is 6.90. The molecule has 0 atom stereocenters. The van der Waals surface area contributed by atoms with E-state index in [0.29, 0.717) is 5.92 Å². The SMILES string of the molecule is Cc1cc(C=Nc2ccccc2C(C)C)c(C)n1-c1ccc(Cl)cc1. The van der Waals surface area contributed by atoms with Crippen molar-refractivity contribution in [2.24, 2.45) is 4.99 Å². The van der Waals surface area contributed by atoms with Gasteiger partial charge in [-0.05, 0) is 61.7 Å². The maximum absolute atomic E-state index is 6.01. The molecule has 3 aromatic rings. The summed E-state index contributed by atoms with van der Waals surface area (Å²) in [5.74, 6) is 0.454. The van der Waals surface area contributed by atoms with Gasteiger partial charge in [0.2, 0.25) is 0 Å². The largest absolute Gasteiger partial charge is 0.318 e. The zero-order valence-corrected chi connectivity index (χ0v) is 15.9. The van der Waals surface area contributed by atoms with E-state index in [1.165, 1.54) is 17.0 Å². The van der Waals surface area contributed by atoms with Crippen LogP contribution in [0.5, 0.6) is 0 Å². The van der Waals surface area contributed by atoms with Gasteiger partial charge in [-0.2, -0.15) is 0 Å². The fourth-order valence-electron chi connectivity index (χ4n) is 3.14. The van der Waals surface area contributed by atoms with Crippen LogP contribution in [0.15, 0.2) is 59.6 Å². The first-order chi connectivity index (χ1) is 12.0. The highest BCUT2D eigenvalue weighted by molar-refractivity contribution is 6.30. The zero-order chi connectivity index (χ0) is 18.0.